The fraction of sp³-hybridized carbons (Fsp3) is 0.909. The maximum atomic E-state index is 11.5. The lowest BCUT2D eigenvalue weighted by Crippen LogP contribution is -2.44. The fourth-order valence-electron chi connectivity index (χ4n) is 1.08. The zero-order chi connectivity index (χ0) is 11.9. The number of methoxy groups -OCH3 is 1. The first-order valence-corrected chi connectivity index (χ1v) is 5.37. The van der Waals surface area contributed by atoms with E-state index < -0.39 is 0 Å². The second-order valence-electron chi connectivity index (χ2n) is 4.64. The summed E-state index contributed by atoms with van der Waals surface area (Å²) in [5.41, 5.74) is 0.0825. The highest BCUT2D eigenvalue weighted by atomic mass is 16.5. The minimum Gasteiger partial charge on any atom is -0.385 e. The average Bonchev–Trinajstić information content (AvgIpc) is 2.22. The topological polar surface area (TPSA) is 50.4 Å². The smallest absolute Gasteiger partial charge is 0.236 e. The summed E-state index contributed by atoms with van der Waals surface area (Å²) in [6.07, 6.45) is 0.942. The number of amides is 1. The van der Waals surface area contributed by atoms with Gasteiger partial charge in [-0.2, -0.15) is 0 Å². The minimum atomic E-state index is -0.136. The molecule has 1 amide bonds. The van der Waals surface area contributed by atoms with Gasteiger partial charge in [-0.1, -0.05) is 13.8 Å². The van der Waals surface area contributed by atoms with Crippen LogP contribution in [0.1, 0.15) is 27.2 Å². The molecule has 0 heterocycles. The van der Waals surface area contributed by atoms with Gasteiger partial charge in [-0.3, -0.25) is 4.79 Å². The highest BCUT2D eigenvalue weighted by Crippen LogP contribution is 2.18. The third kappa shape index (κ3) is 6.47. The van der Waals surface area contributed by atoms with Crippen LogP contribution < -0.4 is 10.6 Å². The molecule has 0 spiro atoms. The van der Waals surface area contributed by atoms with E-state index >= 15 is 0 Å². The summed E-state index contributed by atoms with van der Waals surface area (Å²) < 4.78 is 5.03. The molecule has 1 unspecified atom stereocenters. The summed E-state index contributed by atoms with van der Waals surface area (Å²) in [4.78, 5) is 11.5. The van der Waals surface area contributed by atoms with E-state index in [9.17, 15) is 4.79 Å². The molecule has 0 aromatic rings. The molecule has 0 fully saturated rings. The number of likely N-dealkylation sites (N-methyl/N-ethyl adjacent to an activating group) is 1. The summed E-state index contributed by atoms with van der Waals surface area (Å²) in [5, 5.41) is 5.83. The Morgan fingerprint density at radius 1 is 1.47 bits per heavy atom. The maximum Gasteiger partial charge on any atom is 0.236 e. The van der Waals surface area contributed by atoms with Crippen LogP contribution in [0.2, 0.25) is 0 Å². The van der Waals surface area contributed by atoms with Crippen LogP contribution in [0.3, 0.4) is 0 Å². The highest BCUT2D eigenvalue weighted by molar-refractivity contribution is 5.81. The largest absolute Gasteiger partial charge is 0.385 e. The van der Waals surface area contributed by atoms with Gasteiger partial charge in [0.25, 0.3) is 0 Å². The van der Waals surface area contributed by atoms with E-state index in [-0.39, 0.29) is 17.4 Å². The molecule has 4 nitrogen and oxygen atoms in total. The third-order valence-corrected chi connectivity index (χ3v) is 2.55. The summed E-state index contributed by atoms with van der Waals surface area (Å²) in [6, 6.07) is -0.136. The number of hydrogen-bond donors (Lipinski definition) is 2. The van der Waals surface area contributed by atoms with Crippen molar-refractivity contribution >= 4 is 5.91 Å². The maximum absolute atomic E-state index is 11.5. The van der Waals surface area contributed by atoms with E-state index in [2.05, 4.69) is 24.5 Å². The lowest BCUT2D eigenvalue weighted by atomic mass is 9.89. The third-order valence-electron chi connectivity index (χ3n) is 2.55. The zero-order valence-corrected chi connectivity index (χ0v) is 10.5. The van der Waals surface area contributed by atoms with Gasteiger partial charge in [0.2, 0.25) is 5.91 Å². The van der Waals surface area contributed by atoms with Crippen LogP contribution in [0.5, 0.6) is 0 Å². The molecule has 0 aliphatic heterocycles. The molecular formula is C11H24N2O2. The van der Waals surface area contributed by atoms with Crippen LogP contribution in [0, 0.1) is 5.41 Å². The number of carbonyl (C=O) groups excluding carboxylic acids is 1. The Labute approximate surface area is 92.8 Å². The van der Waals surface area contributed by atoms with E-state index in [1.54, 1.807) is 14.2 Å². The van der Waals surface area contributed by atoms with Crippen molar-refractivity contribution in [2.45, 2.75) is 33.2 Å². The Morgan fingerprint density at radius 3 is 2.53 bits per heavy atom. The average molecular weight is 216 g/mol. The van der Waals surface area contributed by atoms with Crippen molar-refractivity contribution in [3.63, 3.8) is 0 Å². The van der Waals surface area contributed by atoms with E-state index in [1.165, 1.54) is 0 Å². The molecule has 0 aliphatic rings. The molecule has 1 atom stereocenters. The lowest BCUT2D eigenvalue weighted by molar-refractivity contribution is -0.123. The molecule has 2 N–H and O–H groups in total. The zero-order valence-electron chi connectivity index (χ0n) is 10.5. The first-order valence-electron chi connectivity index (χ1n) is 5.37. The van der Waals surface area contributed by atoms with Crippen molar-refractivity contribution in [2.24, 2.45) is 5.41 Å². The molecule has 0 radical (unpaired) electrons. The van der Waals surface area contributed by atoms with Crippen LogP contribution in [0.4, 0.5) is 0 Å². The van der Waals surface area contributed by atoms with Gasteiger partial charge in [0.05, 0.1) is 6.04 Å². The van der Waals surface area contributed by atoms with Crippen molar-refractivity contribution in [1.82, 2.24) is 10.6 Å². The molecule has 0 aromatic carbocycles. The molecule has 15 heavy (non-hydrogen) atoms. The molecule has 0 rings (SSSR count). The Morgan fingerprint density at radius 2 is 2.07 bits per heavy atom. The van der Waals surface area contributed by atoms with Gasteiger partial charge >= 0.3 is 0 Å². The molecule has 0 bridgehead atoms. The Bertz CT molecular complexity index is 193. The van der Waals surface area contributed by atoms with E-state index in [0.717, 1.165) is 13.0 Å². The molecular weight excluding hydrogens is 192 g/mol. The lowest BCUT2D eigenvalue weighted by Gasteiger charge is -2.25. The Balaban J connectivity index is 3.86. The number of hydrogen-bond acceptors (Lipinski definition) is 3. The highest BCUT2D eigenvalue weighted by Gasteiger charge is 2.19. The van der Waals surface area contributed by atoms with Crippen molar-refractivity contribution < 1.29 is 9.53 Å². The quantitative estimate of drug-likeness (QED) is 0.661. The summed E-state index contributed by atoms with van der Waals surface area (Å²) in [6.45, 7) is 7.50. The van der Waals surface area contributed by atoms with Crippen molar-refractivity contribution in [2.75, 3.05) is 27.3 Å². The normalized spacial score (nSPS) is 13.7. The number of ether oxygens (including phenoxy) is 1. The second-order valence-corrected chi connectivity index (χ2v) is 4.64. The van der Waals surface area contributed by atoms with E-state index in [1.807, 2.05) is 6.92 Å². The fourth-order valence-corrected chi connectivity index (χ4v) is 1.08. The molecule has 90 valence electrons. The van der Waals surface area contributed by atoms with Gasteiger partial charge in [-0.15, -0.1) is 0 Å². The Kier molecular flexibility index (Phi) is 6.52. The first kappa shape index (κ1) is 14.4. The van der Waals surface area contributed by atoms with Gasteiger partial charge in [-0.05, 0) is 25.8 Å². The molecule has 0 aromatic heterocycles. The van der Waals surface area contributed by atoms with Crippen LogP contribution in [0.15, 0.2) is 0 Å². The van der Waals surface area contributed by atoms with Gasteiger partial charge in [0.1, 0.15) is 0 Å². The van der Waals surface area contributed by atoms with Crippen LogP contribution in [-0.2, 0) is 9.53 Å². The number of carbonyl (C=O) groups is 1. The van der Waals surface area contributed by atoms with Crippen LogP contribution in [-0.4, -0.2) is 39.3 Å². The number of rotatable bonds is 7. The van der Waals surface area contributed by atoms with E-state index in [0.29, 0.717) is 6.54 Å². The molecule has 0 saturated carbocycles. The van der Waals surface area contributed by atoms with Gasteiger partial charge in [0.15, 0.2) is 0 Å². The number of nitrogens with one attached hydrogen (secondary N) is 2. The summed E-state index contributed by atoms with van der Waals surface area (Å²) >= 11 is 0. The standard InChI is InChI=1S/C11H24N2O2/c1-9(12-4)10(14)13-8-11(2,3)6-7-15-5/h9,12H,6-8H2,1-5H3,(H,13,14). The van der Waals surface area contributed by atoms with Crippen molar-refractivity contribution in [1.29, 1.82) is 0 Å². The molecule has 4 heteroatoms. The summed E-state index contributed by atoms with van der Waals surface area (Å²) in [7, 11) is 3.47. The van der Waals surface area contributed by atoms with Gasteiger partial charge in [0, 0.05) is 20.3 Å². The van der Waals surface area contributed by atoms with Crippen molar-refractivity contribution in [3.05, 3.63) is 0 Å². The Hall–Kier alpha value is -0.610. The SMILES string of the molecule is CNC(C)C(=O)NCC(C)(C)CCOC. The van der Waals surface area contributed by atoms with Crippen LogP contribution in [0.25, 0.3) is 0 Å². The van der Waals surface area contributed by atoms with Gasteiger partial charge < -0.3 is 15.4 Å². The van der Waals surface area contributed by atoms with Gasteiger partial charge in [-0.25, -0.2) is 0 Å². The summed E-state index contributed by atoms with van der Waals surface area (Å²) in [5.74, 6) is 0.0444. The molecule has 0 saturated heterocycles. The minimum absolute atomic E-state index is 0.0444. The monoisotopic (exact) mass is 216 g/mol. The second kappa shape index (κ2) is 6.80. The predicted octanol–water partition coefficient (Wildman–Crippen LogP) is 0.773. The first-order chi connectivity index (χ1) is 6.93. The predicted molar refractivity (Wildman–Crippen MR) is 61.8 cm³/mol. The molecule has 0 aliphatic carbocycles. The van der Waals surface area contributed by atoms with E-state index in [4.69, 9.17) is 4.74 Å². The van der Waals surface area contributed by atoms with Crippen LogP contribution >= 0.6 is 0 Å². The van der Waals surface area contributed by atoms with Crippen molar-refractivity contribution in [3.8, 4) is 0 Å².